The monoisotopic (exact) mass is 277 g/mol. The highest BCUT2D eigenvalue weighted by Crippen LogP contribution is 2.24. The van der Waals surface area contributed by atoms with E-state index in [9.17, 15) is 14.9 Å². The molecule has 0 saturated heterocycles. The van der Waals surface area contributed by atoms with Crippen LogP contribution in [0.1, 0.15) is 10.4 Å². The fourth-order valence-corrected chi connectivity index (χ4v) is 1.65. The van der Waals surface area contributed by atoms with Crippen LogP contribution in [0.25, 0.3) is 0 Å². The lowest BCUT2D eigenvalue weighted by molar-refractivity contribution is -0.385. The standard InChI is InChI=1S/C13H8ClNO4/c14-9-6-7-12(15(17)18)11(8-9)13(16)19-10-4-2-1-3-5-10/h1-8H. The van der Waals surface area contributed by atoms with E-state index in [4.69, 9.17) is 16.3 Å². The van der Waals surface area contributed by atoms with Crippen molar-refractivity contribution in [3.63, 3.8) is 0 Å². The number of hydrogen-bond donors (Lipinski definition) is 0. The van der Waals surface area contributed by atoms with E-state index in [1.807, 2.05) is 0 Å². The molecule has 19 heavy (non-hydrogen) atoms. The summed E-state index contributed by atoms with van der Waals surface area (Å²) in [5.41, 5.74) is -0.522. The maximum atomic E-state index is 11.9. The van der Waals surface area contributed by atoms with Crippen LogP contribution in [0.5, 0.6) is 5.75 Å². The molecule has 6 heteroatoms. The van der Waals surface area contributed by atoms with E-state index >= 15 is 0 Å². The minimum atomic E-state index is -0.819. The van der Waals surface area contributed by atoms with Crippen LogP contribution >= 0.6 is 11.6 Å². The van der Waals surface area contributed by atoms with Crippen LogP contribution in [0.2, 0.25) is 5.02 Å². The summed E-state index contributed by atoms with van der Waals surface area (Å²) in [6.07, 6.45) is 0. The van der Waals surface area contributed by atoms with Gasteiger partial charge in [0.1, 0.15) is 11.3 Å². The van der Waals surface area contributed by atoms with E-state index in [1.54, 1.807) is 30.3 Å². The van der Waals surface area contributed by atoms with Crippen LogP contribution in [0.4, 0.5) is 5.69 Å². The summed E-state index contributed by atoms with van der Waals surface area (Å²) in [5.74, 6) is -0.512. The predicted molar refractivity (Wildman–Crippen MR) is 69.5 cm³/mol. The maximum Gasteiger partial charge on any atom is 0.350 e. The topological polar surface area (TPSA) is 69.4 Å². The molecule has 0 aliphatic rings. The Morgan fingerprint density at radius 2 is 1.84 bits per heavy atom. The van der Waals surface area contributed by atoms with E-state index in [-0.39, 0.29) is 16.3 Å². The van der Waals surface area contributed by atoms with Crippen LogP contribution in [0.3, 0.4) is 0 Å². The largest absolute Gasteiger partial charge is 0.423 e. The van der Waals surface area contributed by atoms with Crippen molar-refractivity contribution >= 4 is 23.3 Å². The van der Waals surface area contributed by atoms with Gasteiger partial charge in [-0.3, -0.25) is 10.1 Å². The molecule has 0 spiro atoms. The number of rotatable bonds is 3. The van der Waals surface area contributed by atoms with Gasteiger partial charge in [0.15, 0.2) is 0 Å². The minimum absolute atomic E-state index is 0.179. The number of benzene rings is 2. The van der Waals surface area contributed by atoms with Gasteiger partial charge in [-0.15, -0.1) is 0 Å². The van der Waals surface area contributed by atoms with Gasteiger partial charge in [-0.2, -0.15) is 0 Å². The number of carbonyl (C=O) groups is 1. The van der Waals surface area contributed by atoms with Gasteiger partial charge in [0.2, 0.25) is 0 Å². The average molecular weight is 278 g/mol. The molecule has 2 aromatic rings. The van der Waals surface area contributed by atoms with Gasteiger partial charge in [-0.05, 0) is 24.3 Å². The summed E-state index contributed by atoms with van der Waals surface area (Å²) in [6.45, 7) is 0. The van der Waals surface area contributed by atoms with Gasteiger partial charge in [0, 0.05) is 11.1 Å². The van der Waals surface area contributed by atoms with Crippen molar-refractivity contribution in [3.05, 3.63) is 69.2 Å². The predicted octanol–water partition coefficient (Wildman–Crippen LogP) is 3.47. The van der Waals surface area contributed by atoms with E-state index in [2.05, 4.69) is 0 Å². The molecule has 2 aromatic carbocycles. The number of nitrogens with zero attached hydrogens (tertiary/aromatic N) is 1. The molecule has 0 aliphatic heterocycles. The molecule has 0 heterocycles. The highest BCUT2D eigenvalue weighted by Gasteiger charge is 2.22. The number of nitro benzene ring substituents is 1. The highest BCUT2D eigenvalue weighted by molar-refractivity contribution is 6.31. The van der Waals surface area contributed by atoms with E-state index in [1.165, 1.54) is 18.2 Å². The van der Waals surface area contributed by atoms with Gasteiger partial charge in [0.25, 0.3) is 5.69 Å². The van der Waals surface area contributed by atoms with Gasteiger partial charge < -0.3 is 4.74 Å². The number of ether oxygens (including phenoxy) is 1. The number of nitro groups is 1. The quantitative estimate of drug-likeness (QED) is 0.373. The van der Waals surface area contributed by atoms with Crippen LogP contribution in [0.15, 0.2) is 48.5 Å². The molecule has 0 fully saturated rings. The first-order valence-electron chi connectivity index (χ1n) is 5.29. The smallest absolute Gasteiger partial charge is 0.350 e. The minimum Gasteiger partial charge on any atom is -0.423 e. The first kappa shape index (κ1) is 13.0. The molecule has 0 radical (unpaired) electrons. The lowest BCUT2D eigenvalue weighted by Gasteiger charge is -2.05. The fraction of sp³-hybridized carbons (Fsp3) is 0. The van der Waals surface area contributed by atoms with Gasteiger partial charge in [-0.1, -0.05) is 29.8 Å². The summed E-state index contributed by atoms with van der Waals surface area (Å²) in [4.78, 5) is 22.1. The number of carbonyl (C=O) groups excluding carboxylic acids is 1. The summed E-state index contributed by atoms with van der Waals surface area (Å²) < 4.78 is 5.04. The number of para-hydroxylation sites is 1. The lowest BCUT2D eigenvalue weighted by Crippen LogP contribution is -2.11. The first-order chi connectivity index (χ1) is 9.08. The van der Waals surface area contributed by atoms with Gasteiger partial charge in [-0.25, -0.2) is 4.79 Å². The number of esters is 1. The Morgan fingerprint density at radius 3 is 2.47 bits per heavy atom. The summed E-state index contributed by atoms with van der Waals surface area (Å²) in [7, 11) is 0. The molecule has 0 aromatic heterocycles. The number of halogens is 1. The van der Waals surface area contributed by atoms with Crippen molar-refractivity contribution in [3.8, 4) is 5.75 Å². The van der Waals surface area contributed by atoms with E-state index < -0.39 is 10.9 Å². The molecule has 0 unspecified atom stereocenters. The third kappa shape index (κ3) is 3.08. The fourth-order valence-electron chi connectivity index (χ4n) is 1.48. The molecule has 0 N–H and O–H groups in total. The van der Waals surface area contributed by atoms with Crippen molar-refractivity contribution in [2.24, 2.45) is 0 Å². The summed E-state index contributed by atoms with van der Waals surface area (Å²) >= 11 is 5.74. The van der Waals surface area contributed by atoms with Crippen LogP contribution < -0.4 is 4.74 Å². The molecule has 96 valence electrons. The molecular weight excluding hydrogens is 270 g/mol. The Morgan fingerprint density at radius 1 is 1.16 bits per heavy atom. The summed E-state index contributed by atoms with van der Waals surface area (Å²) in [6, 6.07) is 12.0. The van der Waals surface area contributed by atoms with Crippen LogP contribution in [0, 0.1) is 10.1 Å². The SMILES string of the molecule is O=C(Oc1ccccc1)c1cc(Cl)ccc1[N+](=O)[O-]. The second-order valence-corrected chi connectivity index (χ2v) is 4.06. The van der Waals surface area contributed by atoms with Crippen LogP contribution in [-0.4, -0.2) is 10.9 Å². The molecule has 0 bridgehead atoms. The molecule has 0 amide bonds. The van der Waals surface area contributed by atoms with Crippen molar-refractivity contribution in [1.82, 2.24) is 0 Å². The van der Waals surface area contributed by atoms with Crippen molar-refractivity contribution in [2.45, 2.75) is 0 Å². The van der Waals surface area contributed by atoms with E-state index in [0.717, 1.165) is 0 Å². The summed E-state index contributed by atoms with van der Waals surface area (Å²) in [5, 5.41) is 11.1. The van der Waals surface area contributed by atoms with Crippen molar-refractivity contribution in [1.29, 1.82) is 0 Å². The maximum absolute atomic E-state index is 11.9. The lowest BCUT2D eigenvalue weighted by atomic mass is 10.2. The third-order valence-electron chi connectivity index (χ3n) is 2.33. The van der Waals surface area contributed by atoms with Crippen molar-refractivity contribution < 1.29 is 14.5 Å². The Labute approximate surface area is 113 Å². The molecular formula is C13H8ClNO4. The highest BCUT2D eigenvalue weighted by atomic mass is 35.5. The third-order valence-corrected chi connectivity index (χ3v) is 2.56. The Balaban J connectivity index is 2.33. The van der Waals surface area contributed by atoms with Gasteiger partial charge in [0.05, 0.1) is 4.92 Å². The Bertz CT molecular complexity index is 628. The second kappa shape index (κ2) is 5.49. The van der Waals surface area contributed by atoms with Crippen molar-refractivity contribution in [2.75, 3.05) is 0 Å². The average Bonchev–Trinajstić information content (AvgIpc) is 2.39. The molecule has 2 rings (SSSR count). The Kier molecular flexibility index (Phi) is 3.77. The molecule has 0 atom stereocenters. The molecule has 5 nitrogen and oxygen atoms in total. The van der Waals surface area contributed by atoms with Crippen LogP contribution in [-0.2, 0) is 0 Å². The molecule has 0 aliphatic carbocycles. The zero-order chi connectivity index (χ0) is 13.8. The zero-order valence-electron chi connectivity index (χ0n) is 9.58. The first-order valence-corrected chi connectivity index (χ1v) is 5.67. The Hall–Kier alpha value is -2.40. The second-order valence-electron chi connectivity index (χ2n) is 3.62. The van der Waals surface area contributed by atoms with E-state index in [0.29, 0.717) is 5.75 Å². The zero-order valence-corrected chi connectivity index (χ0v) is 10.3. The van der Waals surface area contributed by atoms with Gasteiger partial charge >= 0.3 is 5.97 Å². The number of hydrogen-bond acceptors (Lipinski definition) is 4. The normalized spacial score (nSPS) is 9.95. The molecule has 0 saturated carbocycles.